The first-order chi connectivity index (χ1) is 11.0. The number of nitrogens with zero attached hydrogens (tertiary/aromatic N) is 1. The molecule has 1 aliphatic heterocycles. The number of carbonyl (C=O) groups is 3. The van der Waals surface area contributed by atoms with Gasteiger partial charge in [-0.15, -0.1) is 0 Å². The lowest BCUT2D eigenvalue weighted by molar-refractivity contribution is -0.148. The van der Waals surface area contributed by atoms with Gasteiger partial charge in [-0.25, -0.2) is 0 Å². The average molecular weight is 323 g/mol. The van der Waals surface area contributed by atoms with Crippen LogP contribution in [-0.2, 0) is 19.1 Å². The molecule has 0 bridgehead atoms. The fraction of sp³-hybridized carbons (Fsp3) is 0.722. The van der Waals surface area contributed by atoms with Gasteiger partial charge in [-0.2, -0.15) is 0 Å². The van der Waals surface area contributed by atoms with Crippen LogP contribution in [0.2, 0.25) is 0 Å². The van der Waals surface area contributed by atoms with E-state index in [0.29, 0.717) is 25.0 Å². The number of unbranched alkanes of at least 4 members (excludes halogenated alkanes) is 4. The SMILES string of the molecule is CCCCCC(=O)OC/C(C)=C1/CN(C(=O)CCCCC)C1=O. The molecule has 2 amide bonds. The maximum Gasteiger partial charge on any atom is 0.306 e. The molecule has 130 valence electrons. The molecule has 1 fully saturated rings. The summed E-state index contributed by atoms with van der Waals surface area (Å²) >= 11 is 0. The molecule has 0 radical (unpaired) electrons. The zero-order valence-electron chi connectivity index (χ0n) is 14.7. The minimum Gasteiger partial charge on any atom is -0.461 e. The van der Waals surface area contributed by atoms with E-state index in [-0.39, 0.29) is 24.4 Å². The summed E-state index contributed by atoms with van der Waals surface area (Å²) in [5.74, 6) is -0.555. The second kappa shape index (κ2) is 10.2. The minimum absolute atomic E-state index is 0.100. The quantitative estimate of drug-likeness (QED) is 0.268. The lowest BCUT2D eigenvalue weighted by Gasteiger charge is -2.33. The van der Waals surface area contributed by atoms with Crippen molar-refractivity contribution in [2.75, 3.05) is 13.2 Å². The third-order valence-electron chi connectivity index (χ3n) is 4.06. The summed E-state index contributed by atoms with van der Waals surface area (Å²) in [4.78, 5) is 36.8. The van der Waals surface area contributed by atoms with E-state index in [2.05, 4.69) is 13.8 Å². The highest BCUT2D eigenvalue weighted by molar-refractivity contribution is 6.11. The molecule has 0 atom stereocenters. The first-order valence-corrected chi connectivity index (χ1v) is 8.70. The fourth-order valence-corrected chi connectivity index (χ4v) is 2.42. The largest absolute Gasteiger partial charge is 0.461 e. The van der Waals surface area contributed by atoms with Gasteiger partial charge in [-0.3, -0.25) is 19.3 Å². The number of esters is 1. The molecule has 0 saturated carbocycles. The molecule has 0 aromatic rings. The van der Waals surface area contributed by atoms with Crippen LogP contribution in [-0.4, -0.2) is 35.8 Å². The van der Waals surface area contributed by atoms with Crippen LogP contribution in [0, 0.1) is 0 Å². The average Bonchev–Trinajstić information content (AvgIpc) is 2.52. The summed E-state index contributed by atoms with van der Waals surface area (Å²) in [5, 5.41) is 0. The maximum atomic E-state index is 12.0. The van der Waals surface area contributed by atoms with E-state index in [1.165, 1.54) is 4.90 Å². The van der Waals surface area contributed by atoms with Gasteiger partial charge in [0.25, 0.3) is 5.91 Å². The van der Waals surface area contributed by atoms with Crippen LogP contribution in [0.25, 0.3) is 0 Å². The Labute approximate surface area is 139 Å². The second-order valence-corrected chi connectivity index (χ2v) is 6.12. The summed E-state index contributed by atoms with van der Waals surface area (Å²) in [6.07, 6.45) is 6.65. The van der Waals surface area contributed by atoms with Gasteiger partial charge in [-0.05, 0) is 25.3 Å². The van der Waals surface area contributed by atoms with Gasteiger partial charge in [0.2, 0.25) is 5.91 Å². The van der Waals surface area contributed by atoms with E-state index >= 15 is 0 Å². The van der Waals surface area contributed by atoms with Crippen molar-refractivity contribution in [2.24, 2.45) is 0 Å². The van der Waals surface area contributed by atoms with Crippen LogP contribution in [0.1, 0.15) is 72.1 Å². The van der Waals surface area contributed by atoms with E-state index in [1.807, 2.05) is 0 Å². The highest BCUT2D eigenvalue weighted by atomic mass is 16.5. The fourth-order valence-electron chi connectivity index (χ4n) is 2.42. The highest BCUT2D eigenvalue weighted by Gasteiger charge is 2.36. The third kappa shape index (κ3) is 6.16. The van der Waals surface area contributed by atoms with E-state index in [4.69, 9.17) is 4.74 Å². The first-order valence-electron chi connectivity index (χ1n) is 8.70. The van der Waals surface area contributed by atoms with Crippen LogP contribution in [0.5, 0.6) is 0 Å². The van der Waals surface area contributed by atoms with E-state index in [1.54, 1.807) is 6.92 Å². The van der Waals surface area contributed by atoms with Gasteiger partial charge in [0.15, 0.2) is 0 Å². The number of hydrogen-bond donors (Lipinski definition) is 0. The molecule has 1 rings (SSSR count). The van der Waals surface area contributed by atoms with E-state index in [0.717, 1.165) is 44.1 Å². The van der Waals surface area contributed by atoms with E-state index in [9.17, 15) is 14.4 Å². The Morgan fingerprint density at radius 1 is 1.04 bits per heavy atom. The van der Waals surface area contributed by atoms with Crippen LogP contribution in [0.15, 0.2) is 11.1 Å². The topological polar surface area (TPSA) is 63.7 Å². The van der Waals surface area contributed by atoms with Crippen molar-refractivity contribution in [3.63, 3.8) is 0 Å². The Bertz CT molecular complexity index is 468. The summed E-state index contributed by atoms with van der Waals surface area (Å²) < 4.78 is 5.18. The molecular weight excluding hydrogens is 294 g/mol. The summed E-state index contributed by atoms with van der Waals surface area (Å²) in [5.41, 5.74) is 1.35. The number of ether oxygens (including phenoxy) is 1. The Kier molecular flexibility index (Phi) is 8.59. The number of imide groups is 1. The Morgan fingerprint density at radius 3 is 2.22 bits per heavy atom. The zero-order chi connectivity index (χ0) is 17.2. The summed E-state index contributed by atoms with van der Waals surface area (Å²) in [7, 11) is 0. The molecule has 0 aromatic carbocycles. The van der Waals surface area contributed by atoms with Crippen molar-refractivity contribution < 1.29 is 19.1 Å². The predicted molar refractivity (Wildman–Crippen MR) is 88.7 cm³/mol. The molecule has 1 heterocycles. The Morgan fingerprint density at radius 2 is 1.65 bits per heavy atom. The molecule has 23 heavy (non-hydrogen) atoms. The minimum atomic E-state index is -0.231. The van der Waals surface area contributed by atoms with Crippen molar-refractivity contribution in [1.82, 2.24) is 4.90 Å². The van der Waals surface area contributed by atoms with Gasteiger partial charge in [-0.1, -0.05) is 39.5 Å². The lowest BCUT2D eigenvalue weighted by atomic mass is 10.00. The summed E-state index contributed by atoms with van der Waals surface area (Å²) in [6, 6.07) is 0. The third-order valence-corrected chi connectivity index (χ3v) is 4.06. The smallest absolute Gasteiger partial charge is 0.306 e. The first kappa shape index (κ1) is 19.4. The second-order valence-electron chi connectivity index (χ2n) is 6.12. The number of likely N-dealkylation sites (tertiary alicyclic amines) is 1. The lowest BCUT2D eigenvalue weighted by Crippen LogP contribution is -2.50. The molecular formula is C18H29NO4. The molecule has 1 saturated heterocycles. The van der Waals surface area contributed by atoms with Gasteiger partial charge < -0.3 is 4.74 Å². The van der Waals surface area contributed by atoms with Crippen molar-refractivity contribution in [3.8, 4) is 0 Å². The molecule has 0 unspecified atom stereocenters. The number of β-lactam (4-membered cyclic amide) rings is 1. The van der Waals surface area contributed by atoms with Gasteiger partial charge in [0, 0.05) is 18.4 Å². The van der Waals surface area contributed by atoms with Crippen molar-refractivity contribution in [1.29, 1.82) is 0 Å². The zero-order valence-corrected chi connectivity index (χ0v) is 14.7. The molecule has 5 heteroatoms. The number of amides is 2. The van der Waals surface area contributed by atoms with Crippen LogP contribution in [0.3, 0.4) is 0 Å². The number of hydrogen-bond acceptors (Lipinski definition) is 4. The van der Waals surface area contributed by atoms with Crippen molar-refractivity contribution in [3.05, 3.63) is 11.1 Å². The van der Waals surface area contributed by atoms with Crippen LogP contribution < -0.4 is 0 Å². The van der Waals surface area contributed by atoms with Gasteiger partial charge in [0.1, 0.15) is 6.61 Å². The standard InChI is InChI=1S/C18H29NO4/c1-4-6-8-10-16(20)19-12-15(18(19)22)14(3)13-23-17(21)11-9-7-5-2/h4-13H2,1-3H3/b15-14-. The monoisotopic (exact) mass is 323 g/mol. The maximum absolute atomic E-state index is 12.0. The predicted octanol–water partition coefficient (Wildman–Crippen LogP) is 3.38. The molecule has 0 spiro atoms. The number of rotatable bonds is 10. The van der Waals surface area contributed by atoms with Crippen molar-refractivity contribution in [2.45, 2.75) is 72.1 Å². The molecule has 5 nitrogen and oxygen atoms in total. The Hall–Kier alpha value is -1.65. The normalized spacial score (nSPS) is 16.1. The molecule has 0 aliphatic carbocycles. The van der Waals surface area contributed by atoms with Crippen LogP contribution >= 0.6 is 0 Å². The van der Waals surface area contributed by atoms with Crippen LogP contribution in [0.4, 0.5) is 0 Å². The molecule has 0 aromatic heterocycles. The Balaban J connectivity index is 2.35. The summed E-state index contributed by atoms with van der Waals surface area (Å²) in [6.45, 7) is 6.43. The van der Waals surface area contributed by atoms with Gasteiger partial charge >= 0.3 is 5.97 Å². The molecule has 1 aliphatic rings. The number of carbonyl (C=O) groups excluding carboxylic acids is 3. The van der Waals surface area contributed by atoms with E-state index < -0.39 is 0 Å². The highest BCUT2D eigenvalue weighted by Crippen LogP contribution is 2.22. The molecule has 0 N–H and O–H groups in total. The van der Waals surface area contributed by atoms with Gasteiger partial charge in [0.05, 0.1) is 6.54 Å². The van der Waals surface area contributed by atoms with Crippen molar-refractivity contribution >= 4 is 17.8 Å².